The normalized spacial score (nSPS) is 11.1. The fraction of sp³-hybridized carbons (Fsp3) is 0.579. The molecule has 0 spiro atoms. The Kier molecular flexibility index (Phi) is 7.90. The van der Waals surface area contributed by atoms with Crippen LogP contribution in [0.3, 0.4) is 0 Å². The highest BCUT2D eigenvalue weighted by Crippen LogP contribution is 2.24. The number of amides is 1. The number of ether oxygens (including phenoxy) is 2. The summed E-state index contributed by atoms with van der Waals surface area (Å²) in [6.07, 6.45) is 0. The van der Waals surface area contributed by atoms with E-state index in [1.54, 1.807) is 0 Å². The van der Waals surface area contributed by atoms with Gasteiger partial charge in [0.15, 0.2) is 6.61 Å². The zero-order valence-electron chi connectivity index (χ0n) is 16.1. The van der Waals surface area contributed by atoms with Crippen molar-refractivity contribution in [3.8, 4) is 5.75 Å². The Morgan fingerprint density at radius 2 is 1.68 bits per heavy atom. The molecule has 0 unspecified atom stereocenters. The Labute approximate surface area is 150 Å². The van der Waals surface area contributed by atoms with Gasteiger partial charge in [0.1, 0.15) is 5.75 Å². The number of benzene rings is 1. The van der Waals surface area contributed by atoms with Crippen LogP contribution < -0.4 is 15.4 Å². The number of esters is 1. The molecule has 0 radical (unpaired) electrons. The second kappa shape index (κ2) is 9.42. The summed E-state index contributed by atoms with van der Waals surface area (Å²) in [6, 6.07) is 4.06. The number of aryl methyl sites for hydroxylation is 2. The van der Waals surface area contributed by atoms with Gasteiger partial charge in [0.25, 0.3) is 0 Å². The molecule has 6 heteroatoms. The molecule has 25 heavy (non-hydrogen) atoms. The number of hydrogen-bond donors (Lipinski definition) is 2. The van der Waals surface area contributed by atoms with Gasteiger partial charge < -0.3 is 20.1 Å². The van der Waals surface area contributed by atoms with Crippen molar-refractivity contribution in [3.63, 3.8) is 0 Å². The number of methoxy groups -OCH3 is 1. The quantitative estimate of drug-likeness (QED) is 0.555. The van der Waals surface area contributed by atoms with E-state index in [0.717, 1.165) is 16.7 Å². The summed E-state index contributed by atoms with van der Waals surface area (Å²) < 4.78 is 10.1. The third kappa shape index (κ3) is 7.13. The van der Waals surface area contributed by atoms with Gasteiger partial charge in [-0.25, -0.2) is 4.79 Å². The van der Waals surface area contributed by atoms with Gasteiger partial charge >= 0.3 is 5.97 Å². The molecule has 0 aliphatic heterocycles. The first kappa shape index (κ1) is 21.0. The maximum Gasteiger partial charge on any atom is 0.343 e. The first-order valence-corrected chi connectivity index (χ1v) is 8.44. The minimum absolute atomic E-state index is 0.0492. The number of carbonyl (C=O) groups excluding carboxylic acids is 2. The van der Waals surface area contributed by atoms with Crippen LogP contribution in [0.4, 0.5) is 0 Å². The average molecular weight is 350 g/mol. The Bertz CT molecular complexity index is 583. The number of carbonyl (C=O) groups is 2. The fourth-order valence-electron chi connectivity index (χ4n) is 2.32. The van der Waals surface area contributed by atoms with Crippen molar-refractivity contribution < 1.29 is 19.1 Å². The molecule has 1 aromatic rings. The average Bonchev–Trinajstić information content (AvgIpc) is 2.52. The smallest absolute Gasteiger partial charge is 0.343 e. The largest absolute Gasteiger partial charge is 0.481 e. The summed E-state index contributed by atoms with van der Waals surface area (Å²) in [4.78, 5) is 23.0. The molecular weight excluding hydrogens is 320 g/mol. The van der Waals surface area contributed by atoms with Crippen LogP contribution in [-0.4, -0.2) is 38.7 Å². The first-order chi connectivity index (χ1) is 11.6. The third-order valence-corrected chi connectivity index (χ3v) is 3.68. The second-order valence-corrected chi connectivity index (χ2v) is 7.11. The highest BCUT2D eigenvalue weighted by atomic mass is 16.6. The molecule has 0 fully saturated rings. The van der Waals surface area contributed by atoms with E-state index in [-0.39, 0.29) is 17.9 Å². The molecule has 2 N–H and O–H groups in total. The van der Waals surface area contributed by atoms with Gasteiger partial charge in [-0.15, -0.1) is 0 Å². The van der Waals surface area contributed by atoms with E-state index in [0.29, 0.717) is 25.4 Å². The van der Waals surface area contributed by atoms with E-state index in [4.69, 9.17) is 4.74 Å². The molecular formula is C19H30N2O4. The van der Waals surface area contributed by atoms with Crippen LogP contribution in [0.5, 0.6) is 5.75 Å². The van der Waals surface area contributed by atoms with E-state index in [9.17, 15) is 9.59 Å². The Morgan fingerprint density at radius 1 is 1.08 bits per heavy atom. The molecule has 0 aromatic heterocycles. The summed E-state index contributed by atoms with van der Waals surface area (Å²) in [5.41, 5.74) is 2.71. The maximum absolute atomic E-state index is 11.8. The van der Waals surface area contributed by atoms with Gasteiger partial charge in [-0.3, -0.25) is 4.79 Å². The van der Waals surface area contributed by atoms with Crippen molar-refractivity contribution in [2.24, 2.45) is 5.41 Å². The number of hydrogen-bond acceptors (Lipinski definition) is 5. The van der Waals surface area contributed by atoms with Gasteiger partial charge in [-0.2, -0.15) is 0 Å². The molecule has 0 heterocycles. The topological polar surface area (TPSA) is 76.7 Å². The lowest BCUT2D eigenvalue weighted by Gasteiger charge is -2.18. The Hall–Kier alpha value is -2.08. The summed E-state index contributed by atoms with van der Waals surface area (Å²) >= 11 is 0. The zero-order valence-corrected chi connectivity index (χ0v) is 16.1. The lowest BCUT2D eigenvalue weighted by Crippen LogP contribution is -2.38. The zero-order chi connectivity index (χ0) is 19.0. The van der Waals surface area contributed by atoms with E-state index >= 15 is 0 Å². The number of nitrogens with one attached hydrogen (secondary N) is 2. The van der Waals surface area contributed by atoms with E-state index in [1.807, 2.05) is 46.8 Å². The SMILES string of the molecule is COC(=O)COc1c(C)cc(CNCCNC(=O)C(C)(C)C)cc1C. The summed E-state index contributed by atoms with van der Waals surface area (Å²) in [6.45, 7) is 11.5. The molecule has 1 amide bonds. The standard InChI is InChI=1S/C19H30N2O4/c1-13-9-15(10-14(2)17(13)25-12-16(22)24-6)11-20-7-8-21-18(23)19(3,4)5/h9-10,20H,7-8,11-12H2,1-6H3,(H,21,23). The van der Waals surface area contributed by atoms with Crippen LogP contribution >= 0.6 is 0 Å². The Balaban J connectivity index is 2.47. The maximum atomic E-state index is 11.8. The minimum atomic E-state index is -0.401. The van der Waals surface area contributed by atoms with Gasteiger partial charge in [0.2, 0.25) is 5.91 Å². The first-order valence-electron chi connectivity index (χ1n) is 8.44. The van der Waals surface area contributed by atoms with Crippen molar-refractivity contribution in [2.75, 3.05) is 26.8 Å². The molecule has 0 atom stereocenters. The number of rotatable bonds is 8. The third-order valence-electron chi connectivity index (χ3n) is 3.68. The molecule has 140 valence electrons. The van der Waals surface area contributed by atoms with Crippen LogP contribution in [-0.2, 0) is 20.9 Å². The highest BCUT2D eigenvalue weighted by molar-refractivity contribution is 5.81. The van der Waals surface area contributed by atoms with Gasteiger partial charge in [0.05, 0.1) is 7.11 Å². The molecule has 1 rings (SSSR count). The van der Waals surface area contributed by atoms with Crippen LogP contribution in [0.1, 0.15) is 37.5 Å². The van der Waals surface area contributed by atoms with Crippen LogP contribution in [0.15, 0.2) is 12.1 Å². The second-order valence-electron chi connectivity index (χ2n) is 7.11. The fourth-order valence-corrected chi connectivity index (χ4v) is 2.32. The van der Waals surface area contributed by atoms with E-state index in [2.05, 4.69) is 15.4 Å². The van der Waals surface area contributed by atoms with Crippen LogP contribution in [0, 0.1) is 19.3 Å². The minimum Gasteiger partial charge on any atom is -0.481 e. The summed E-state index contributed by atoms with van der Waals surface area (Å²) in [5, 5.41) is 6.22. The van der Waals surface area contributed by atoms with Gasteiger partial charge in [-0.1, -0.05) is 32.9 Å². The van der Waals surface area contributed by atoms with E-state index in [1.165, 1.54) is 7.11 Å². The summed E-state index contributed by atoms with van der Waals surface area (Å²) in [7, 11) is 1.34. The monoisotopic (exact) mass is 350 g/mol. The molecule has 0 bridgehead atoms. The highest BCUT2D eigenvalue weighted by Gasteiger charge is 2.20. The van der Waals surface area contributed by atoms with Gasteiger partial charge in [-0.05, 0) is 30.5 Å². The molecule has 0 saturated heterocycles. The Morgan fingerprint density at radius 3 is 2.20 bits per heavy atom. The van der Waals surface area contributed by atoms with Gasteiger partial charge in [0, 0.05) is 25.0 Å². The lowest BCUT2D eigenvalue weighted by atomic mass is 9.96. The predicted molar refractivity (Wildman–Crippen MR) is 97.6 cm³/mol. The molecule has 0 aliphatic carbocycles. The lowest BCUT2D eigenvalue weighted by molar-refractivity contribution is -0.142. The molecule has 1 aromatic carbocycles. The van der Waals surface area contributed by atoms with Crippen molar-refractivity contribution in [3.05, 3.63) is 28.8 Å². The summed E-state index contributed by atoms with van der Waals surface area (Å²) in [5.74, 6) is 0.363. The van der Waals surface area contributed by atoms with E-state index < -0.39 is 5.97 Å². The van der Waals surface area contributed by atoms with Crippen LogP contribution in [0.2, 0.25) is 0 Å². The van der Waals surface area contributed by atoms with Crippen molar-refractivity contribution in [1.82, 2.24) is 10.6 Å². The molecule has 0 saturated carbocycles. The molecule has 6 nitrogen and oxygen atoms in total. The van der Waals surface area contributed by atoms with Crippen molar-refractivity contribution >= 4 is 11.9 Å². The predicted octanol–water partition coefficient (Wildman–Crippen LogP) is 2.11. The van der Waals surface area contributed by atoms with Crippen LogP contribution in [0.25, 0.3) is 0 Å². The van der Waals surface area contributed by atoms with Crippen molar-refractivity contribution in [1.29, 1.82) is 0 Å². The molecule has 0 aliphatic rings. The van der Waals surface area contributed by atoms with Crippen molar-refractivity contribution in [2.45, 2.75) is 41.2 Å².